The van der Waals surface area contributed by atoms with Crippen LogP contribution in [0.1, 0.15) is 0 Å². The summed E-state index contributed by atoms with van der Waals surface area (Å²) in [5.41, 5.74) is 9.51. The summed E-state index contributed by atoms with van der Waals surface area (Å²) in [6.45, 7) is 0. The van der Waals surface area contributed by atoms with Gasteiger partial charge in [-0.25, -0.2) is 4.98 Å². The van der Waals surface area contributed by atoms with Crippen LogP contribution >= 0.6 is 0 Å². The van der Waals surface area contributed by atoms with E-state index in [0.717, 1.165) is 49.9 Å². The van der Waals surface area contributed by atoms with Crippen LogP contribution in [0, 0.1) is 0 Å². The predicted octanol–water partition coefficient (Wildman–Crippen LogP) is 11.2. The van der Waals surface area contributed by atoms with Crippen molar-refractivity contribution < 1.29 is 0 Å². The molecule has 6 aromatic carbocycles. The fraction of sp³-hybridized carbons (Fsp3) is 0. The van der Waals surface area contributed by atoms with E-state index in [1.807, 2.05) is 18.3 Å². The van der Waals surface area contributed by atoms with Gasteiger partial charge in [-0.05, 0) is 86.1 Å². The summed E-state index contributed by atoms with van der Waals surface area (Å²) in [7, 11) is 0. The fourth-order valence-electron chi connectivity index (χ4n) is 6.63. The third kappa shape index (κ3) is 4.49. The van der Waals surface area contributed by atoms with Crippen LogP contribution in [0.2, 0.25) is 0 Å². The lowest BCUT2D eigenvalue weighted by atomic mass is 9.90. The molecule has 46 heavy (non-hydrogen) atoms. The van der Waals surface area contributed by atoms with Crippen LogP contribution in [-0.2, 0) is 0 Å². The summed E-state index contributed by atoms with van der Waals surface area (Å²) in [5, 5.41) is 8.30. The zero-order valence-electron chi connectivity index (χ0n) is 24.9. The van der Waals surface area contributed by atoms with Crippen LogP contribution in [0.25, 0.3) is 88.0 Å². The van der Waals surface area contributed by atoms with Crippen molar-refractivity contribution in [1.82, 2.24) is 15.0 Å². The minimum atomic E-state index is 0.918. The average Bonchev–Trinajstić information content (AvgIpc) is 3.14. The molecule has 0 atom stereocenters. The molecule has 3 heteroatoms. The molecule has 214 valence electrons. The van der Waals surface area contributed by atoms with Gasteiger partial charge < -0.3 is 0 Å². The van der Waals surface area contributed by atoms with E-state index in [2.05, 4.69) is 138 Å². The highest BCUT2D eigenvalue weighted by Crippen LogP contribution is 2.41. The number of rotatable bonds is 4. The molecule has 0 aliphatic carbocycles. The molecule has 3 nitrogen and oxygen atoms in total. The van der Waals surface area contributed by atoms with Crippen LogP contribution < -0.4 is 0 Å². The number of nitrogens with zero attached hydrogens (tertiary/aromatic N) is 3. The van der Waals surface area contributed by atoms with Crippen LogP contribution in [-0.4, -0.2) is 15.0 Å². The largest absolute Gasteiger partial charge is 0.265 e. The molecule has 3 aromatic heterocycles. The summed E-state index contributed by atoms with van der Waals surface area (Å²) in [6, 6.07) is 51.8. The number of hydrogen-bond acceptors (Lipinski definition) is 3. The Kier molecular flexibility index (Phi) is 6.14. The number of aromatic nitrogens is 3. The van der Waals surface area contributed by atoms with Gasteiger partial charge in [-0.15, -0.1) is 0 Å². The fourth-order valence-corrected chi connectivity index (χ4v) is 6.63. The topological polar surface area (TPSA) is 38.7 Å². The zero-order chi connectivity index (χ0) is 30.5. The van der Waals surface area contributed by atoms with Gasteiger partial charge in [-0.2, -0.15) is 0 Å². The van der Waals surface area contributed by atoms with E-state index < -0.39 is 0 Å². The first kappa shape index (κ1) is 26.2. The van der Waals surface area contributed by atoms with Crippen molar-refractivity contribution in [3.8, 4) is 44.8 Å². The molecule has 3 heterocycles. The van der Waals surface area contributed by atoms with Crippen molar-refractivity contribution in [2.75, 3.05) is 0 Å². The van der Waals surface area contributed by atoms with Crippen molar-refractivity contribution in [3.05, 3.63) is 164 Å². The highest BCUT2D eigenvalue weighted by Gasteiger charge is 2.17. The zero-order valence-corrected chi connectivity index (χ0v) is 24.9. The number of benzene rings is 6. The Morgan fingerprint density at radius 3 is 1.70 bits per heavy atom. The maximum atomic E-state index is 5.39. The highest BCUT2D eigenvalue weighted by atomic mass is 14.7. The van der Waals surface area contributed by atoms with Crippen LogP contribution in [0.3, 0.4) is 0 Å². The van der Waals surface area contributed by atoms with E-state index in [1.165, 1.54) is 38.1 Å². The third-order valence-corrected chi connectivity index (χ3v) is 8.98. The standard InChI is InChI=1S/C43H27N3/c1-3-9-31-23-33(15-13-28(31)7-1)38-25-40-39(35-17-18-41(45-27-35)30-19-21-44-22-20-30)26-42(46-43(40)37-12-6-5-11-36(37)38)34-16-14-29-8-2-4-10-32(29)24-34/h1-27H. The Bertz CT molecular complexity index is 2570. The maximum Gasteiger partial charge on any atom is 0.0794 e. The molecule has 0 radical (unpaired) electrons. The maximum absolute atomic E-state index is 5.39. The van der Waals surface area contributed by atoms with Crippen LogP contribution in [0.15, 0.2) is 164 Å². The normalized spacial score (nSPS) is 11.5. The van der Waals surface area contributed by atoms with Gasteiger partial charge in [0.1, 0.15) is 0 Å². The second kappa shape index (κ2) is 10.8. The molecule has 0 amide bonds. The SMILES string of the molecule is c1ccc2cc(-c3cc(-c4ccc(-c5ccncc5)nc4)c4cc(-c5ccc6ccccc6c5)c5ccccc5c4n3)ccc2c1. The molecular weight excluding hydrogens is 558 g/mol. The summed E-state index contributed by atoms with van der Waals surface area (Å²) < 4.78 is 0. The molecule has 0 unspecified atom stereocenters. The van der Waals surface area contributed by atoms with E-state index in [1.54, 1.807) is 12.4 Å². The lowest BCUT2D eigenvalue weighted by Gasteiger charge is -2.16. The van der Waals surface area contributed by atoms with E-state index in [4.69, 9.17) is 9.97 Å². The monoisotopic (exact) mass is 585 g/mol. The van der Waals surface area contributed by atoms with Crippen LogP contribution in [0.4, 0.5) is 0 Å². The Hall–Kier alpha value is -6.19. The average molecular weight is 586 g/mol. The summed E-state index contributed by atoms with van der Waals surface area (Å²) in [6.07, 6.45) is 5.59. The van der Waals surface area contributed by atoms with Gasteiger partial charge in [0.05, 0.1) is 16.9 Å². The first-order chi connectivity index (χ1) is 22.8. The lowest BCUT2D eigenvalue weighted by molar-refractivity contribution is 1.29. The van der Waals surface area contributed by atoms with Gasteiger partial charge in [0.2, 0.25) is 0 Å². The van der Waals surface area contributed by atoms with Gasteiger partial charge in [-0.1, -0.05) is 103 Å². The quantitative estimate of drug-likeness (QED) is 0.193. The van der Waals surface area contributed by atoms with Crippen LogP contribution in [0.5, 0.6) is 0 Å². The molecule has 0 fully saturated rings. The summed E-state index contributed by atoms with van der Waals surface area (Å²) >= 11 is 0. The second-order valence-corrected chi connectivity index (χ2v) is 11.7. The highest BCUT2D eigenvalue weighted by molar-refractivity contribution is 6.16. The minimum Gasteiger partial charge on any atom is -0.265 e. The van der Waals surface area contributed by atoms with Crippen molar-refractivity contribution in [2.45, 2.75) is 0 Å². The molecule has 0 aliphatic heterocycles. The minimum absolute atomic E-state index is 0.918. The van der Waals surface area contributed by atoms with E-state index in [0.29, 0.717) is 0 Å². The Balaban J connectivity index is 1.32. The molecular formula is C43H27N3. The van der Waals surface area contributed by atoms with Crippen molar-refractivity contribution in [2.24, 2.45) is 0 Å². The number of pyridine rings is 3. The Morgan fingerprint density at radius 2 is 0.978 bits per heavy atom. The smallest absolute Gasteiger partial charge is 0.0794 e. The van der Waals surface area contributed by atoms with Gasteiger partial charge in [0, 0.05) is 46.1 Å². The molecule has 0 aliphatic rings. The lowest BCUT2D eigenvalue weighted by Crippen LogP contribution is -1.94. The number of fused-ring (bicyclic) bond motifs is 5. The Labute approximate surface area is 266 Å². The molecule has 0 bridgehead atoms. The predicted molar refractivity (Wildman–Crippen MR) is 192 cm³/mol. The molecule has 0 N–H and O–H groups in total. The van der Waals surface area contributed by atoms with Crippen molar-refractivity contribution in [1.29, 1.82) is 0 Å². The van der Waals surface area contributed by atoms with E-state index in [-0.39, 0.29) is 0 Å². The van der Waals surface area contributed by atoms with Gasteiger partial charge in [-0.3, -0.25) is 9.97 Å². The molecule has 0 saturated carbocycles. The summed E-state index contributed by atoms with van der Waals surface area (Å²) in [5.74, 6) is 0. The second-order valence-electron chi connectivity index (χ2n) is 11.7. The molecule has 0 saturated heterocycles. The Morgan fingerprint density at radius 1 is 0.370 bits per heavy atom. The number of hydrogen-bond donors (Lipinski definition) is 0. The van der Waals surface area contributed by atoms with E-state index in [9.17, 15) is 0 Å². The molecule has 9 aromatic rings. The summed E-state index contributed by atoms with van der Waals surface area (Å²) in [4.78, 5) is 14.5. The van der Waals surface area contributed by atoms with Crippen molar-refractivity contribution in [3.63, 3.8) is 0 Å². The molecule has 0 spiro atoms. The third-order valence-electron chi connectivity index (χ3n) is 8.98. The first-order valence-electron chi connectivity index (χ1n) is 15.5. The first-order valence-corrected chi connectivity index (χ1v) is 15.5. The van der Waals surface area contributed by atoms with Gasteiger partial charge >= 0.3 is 0 Å². The molecule has 9 rings (SSSR count). The van der Waals surface area contributed by atoms with Gasteiger partial charge in [0.15, 0.2) is 0 Å². The van der Waals surface area contributed by atoms with Gasteiger partial charge in [0.25, 0.3) is 0 Å². The van der Waals surface area contributed by atoms with E-state index >= 15 is 0 Å². The van der Waals surface area contributed by atoms with Crippen molar-refractivity contribution >= 4 is 43.2 Å².